The first-order valence-corrected chi connectivity index (χ1v) is 7.45. The summed E-state index contributed by atoms with van der Waals surface area (Å²) in [6.07, 6.45) is 2.07. The topological polar surface area (TPSA) is 33.6 Å². The molecule has 1 fully saturated rings. The van der Waals surface area contributed by atoms with Gasteiger partial charge in [0.25, 0.3) is 0 Å². The molecule has 3 rings (SSSR count). The second-order valence-electron chi connectivity index (χ2n) is 4.67. The van der Waals surface area contributed by atoms with E-state index in [9.17, 15) is 0 Å². The van der Waals surface area contributed by atoms with Crippen molar-refractivity contribution in [3.8, 4) is 0 Å². The summed E-state index contributed by atoms with van der Waals surface area (Å²) in [5.41, 5.74) is 1.15. The van der Waals surface area contributed by atoms with Crippen LogP contribution < -0.4 is 5.32 Å². The van der Waals surface area contributed by atoms with Gasteiger partial charge in [0, 0.05) is 29.7 Å². The van der Waals surface area contributed by atoms with Gasteiger partial charge in [0.2, 0.25) is 0 Å². The maximum absolute atomic E-state index is 5.87. The van der Waals surface area contributed by atoms with Gasteiger partial charge in [0.15, 0.2) is 5.17 Å². The van der Waals surface area contributed by atoms with Crippen molar-refractivity contribution in [2.75, 3.05) is 24.3 Å². The van der Waals surface area contributed by atoms with Gasteiger partial charge in [-0.3, -0.25) is 4.99 Å². The molecule has 0 aliphatic carbocycles. The summed E-state index contributed by atoms with van der Waals surface area (Å²) in [4.78, 5) is 4.85. The molecule has 2 aliphatic rings. The molecule has 1 N–H and O–H groups in total. The Hall–Kier alpha value is -0.710. The van der Waals surface area contributed by atoms with Gasteiger partial charge in [-0.05, 0) is 37.1 Å². The predicted octanol–water partition coefficient (Wildman–Crippen LogP) is 3.40. The summed E-state index contributed by atoms with van der Waals surface area (Å²) in [7, 11) is 0. The molecular weight excluding hydrogens is 268 g/mol. The van der Waals surface area contributed by atoms with Gasteiger partial charge in [-0.25, -0.2) is 0 Å². The molecule has 0 amide bonds. The number of ether oxygens (including phenoxy) is 1. The van der Waals surface area contributed by atoms with Crippen molar-refractivity contribution >= 4 is 34.2 Å². The minimum atomic E-state index is 0.109. The zero-order valence-corrected chi connectivity index (χ0v) is 11.6. The van der Waals surface area contributed by atoms with Crippen LogP contribution in [0.25, 0.3) is 0 Å². The van der Waals surface area contributed by atoms with Crippen LogP contribution in [0.4, 0.5) is 5.69 Å². The molecule has 0 saturated carbocycles. The highest BCUT2D eigenvalue weighted by Crippen LogP contribution is 2.36. The number of aliphatic imine (C=N–C) groups is 1. The number of nitrogens with one attached hydrogen (secondary N) is 1. The Kier molecular flexibility index (Phi) is 3.50. The number of hydrogen-bond acceptors (Lipinski definition) is 4. The summed E-state index contributed by atoms with van der Waals surface area (Å²) >= 11 is 7.66. The summed E-state index contributed by atoms with van der Waals surface area (Å²) in [6.45, 7) is 1.66. The second-order valence-corrected chi connectivity index (χ2v) is 6.07. The molecular formula is C13H15ClN2OS. The molecule has 1 aromatic carbocycles. The highest BCUT2D eigenvalue weighted by atomic mass is 35.5. The number of halogens is 1. The largest absolute Gasteiger partial charge is 0.381 e. The lowest BCUT2D eigenvalue weighted by atomic mass is 9.93. The summed E-state index contributed by atoms with van der Waals surface area (Å²) in [6, 6.07) is 7.71. The van der Waals surface area contributed by atoms with Gasteiger partial charge >= 0.3 is 0 Å². The van der Waals surface area contributed by atoms with Crippen LogP contribution in [0.15, 0.2) is 29.3 Å². The number of hydrogen-bond donors (Lipinski definition) is 1. The van der Waals surface area contributed by atoms with Crippen LogP contribution in [-0.4, -0.2) is 29.7 Å². The van der Waals surface area contributed by atoms with E-state index >= 15 is 0 Å². The highest BCUT2D eigenvalue weighted by molar-refractivity contribution is 8.14. The van der Waals surface area contributed by atoms with Crippen molar-refractivity contribution in [3.63, 3.8) is 0 Å². The van der Waals surface area contributed by atoms with E-state index in [1.807, 2.05) is 24.3 Å². The fraction of sp³-hybridized carbons (Fsp3) is 0.462. The predicted molar refractivity (Wildman–Crippen MR) is 77.8 cm³/mol. The Labute approximate surface area is 116 Å². The third-order valence-corrected chi connectivity index (χ3v) is 4.74. The maximum Gasteiger partial charge on any atom is 0.161 e. The van der Waals surface area contributed by atoms with Gasteiger partial charge < -0.3 is 10.1 Å². The quantitative estimate of drug-likeness (QED) is 0.857. The number of nitrogens with zero attached hydrogens (tertiary/aromatic N) is 1. The molecule has 96 valence electrons. The van der Waals surface area contributed by atoms with Gasteiger partial charge in [-0.15, -0.1) is 0 Å². The second kappa shape index (κ2) is 5.11. The van der Waals surface area contributed by atoms with E-state index in [2.05, 4.69) is 5.32 Å². The van der Waals surface area contributed by atoms with Crippen LogP contribution >= 0.6 is 23.4 Å². The number of benzene rings is 1. The molecule has 5 heteroatoms. The molecule has 0 atom stereocenters. The SMILES string of the molecule is Clc1ccc(NC2=NC3(CCOCC3)CS2)cc1. The van der Waals surface area contributed by atoms with Crippen LogP contribution in [0.2, 0.25) is 5.02 Å². The van der Waals surface area contributed by atoms with Gasteiger partial charge in [0.05, 0.1) is 5.54 Å². The van der Waals surface area contributed by atoms with Crippen LogP contribution in [0.3, 0.4) is 0 Å². The Balaban J connectivity index is 1.70. The number of thioether (sulfide) groups is 1. The Bertz CT molecular complexity index is 455. The van der Waals surface area contributed by atoms with Gasteiger partial charge in [-0.2, -0.15) is 0 Å². The fourth-order valence-electron chi connectivity index (χ4n) is 2.21. The molecule has 2 aliphatic heterocycles. The van der Waals surface area contributed by atoms with E-state index in [0.717, 1.165) is 47.7 Å². The van der Waals surface area contributed by atoms with Crippen molar-refractivity contribution in [2.24, 2.45) is 4.99 Å². The van der Waals surface area contributed by atoms with Crippen molar-refractivity contribution in [3.05, 3.63) is 29.3 Å². The molecule has 0 radical (unpaired) electrons. The van der Waals surface area contributed by atoms with E-state index in [0.29, 0.717) is 0 Å². The first kappa shape index (κ1) is 12.3. The van der Waals surface area contributed by atoms with E-state index in [4.69, 9.17) is 21.3 Å². The number of rotatable bonds is 1. The van der Waals surface area contributed by atoms with E-state index in [-0.39, 0.29) is 5.54 Å². The first-order valence-electron chi connectivity index (χ1n) is 6.09. The molecule has 1 spiro atoms. The van der Waals surface area contributed by atoms with Crippen LogP contribution in [-0.2, 0) is 4.74 Å². The van der Waals surface area contributed by atoms with Crippen LogP contribution in [0, 0.1) is 0 Å². The summed E-state index contributed by atoms with van der Waals surface area (Å²) < 4.78 is 5.41. The fourth-order valence-corrected chi connectivity index (χ4v) is 3.54. The van der Waals surface area contributed by atoms with Gasteiger partial charge in [-0.1, -0.05) is 23.4 Å². The molecule has 0 aromatic heterocycles. The number of amidine groups is 1. The lowest BCUT2D eigenvalue weighted by molar-refractivity contribution is 0.0624. The molecule has 0 unspecified atom stereocenters. The Morgan fingerprint density at radius 3 is 2.67 bits per heavy atom. The zero-order valence-electron chi connectivity index (χ0n) is 9.99. The number of anilines is 1. The van der Waals surface area contributed by atoms with Gasteiger partial charge in [0.1, 0.15) is 0 Å². The molecule has 2 heterocycles. The smallest absolute Gasteiger partial charge is 0.161 e. The van der Waals surface area contributed by atoms with E-state index < -0.39 is 0 Å². The summed E-state index contributed by atoms with van der Waals surface area (Å²) in [5, 5.41) is 5.12. The Morgan fingerprint density at radius 1 is 1.22 bits per heavy atom. The molecule has 18 heavy (non-hydrogen) atoms. The minimum absolute atomic E-state index is 0.109. The zero-order chi connectivity index (χ0) is 12.4. The van der Waals surface area contributed by atoms with Crippen molar-refractivity contribution in [1.29, 1.82) is 0 Å². The summed E-state index contributed by atoms with van der Waals surface area (Å²) in [5.74, 6) is 1.06. The average Bonchev–Trinajstić information content (AvgIpc) is 2.76. The lowest BCUT2D eigenvalue weighted by Gasteiger charge is -2.29. The Morgan fingerprint density at radius 2 is 1.94 bits per heavy atom. The molecule has 0 bridgehead atoms. The third-order valence-electron chi connectivity index (χ3n) is 3.34. The van der Waals surface area contributed by atoms with Crippen molar-refractivity contribution in [2.45, 2.75) is 18.4 Å². The average molecular weight is 283 g/mol. The third kappa shape index (κ3) is 2.66. The normalized spacial score (nSPS) is 21.9. The highest BCUT2D eigenvalue weighted by Gasteiger charge is 2.37. The van der Waals surface area contributed by atoms with Crippen LogP contribution in [0.5, 0.6) is 0 Å². The van der Waals surface area contributed by atoms with E-state index in [1.54, 1.807) is 11.8 Å². The lowest BCUT2D eigenvalue weighted by Crippen LogP contribution is -2.34. The van der Waals surface area contributed by atoms with Crippen molar-refractivity contribution in [1.82, 2.24) is 0 Å². The minimum Gasteiger partial charge on any atom is -0.381 e. The van der Waals surface area contributed by atoms with E-state index in [1.165, 1.54) is 0 Å². The van der Waals surface area contributed by atoms with Crippen molar-refractivity contribution < 1.29 is 4.74 Å². The molecule has 1 saturated heterocycles. The van der Waals surface area contributed by atoms with Crippen LogP contribution in [0.1, 0.15) is 12.8 Å². The molecule has 3 nitrogen and oxygen atoms in total. The monoisotopic (exact) mass is 282 g/mol. The molecule has 1 aromatic rings. The standard InChI is InChI=1S/C13H15ClN2OS/c14-10-1-3-11(4-2-10)15-12-16-13(9-18-12)5-7-17-8-6-13/h1-4H,5-9H2,(H,15,16). The first-order chi connectivity index (χ1) is 8.76. The maximum atomic E-state index is 5.87.